The van der Waals surface area contributed by atoms with Gasteiger partial charge in [0.25, 0.3) is 0 Å². The average Bonchev–Trinajstić information content (AvgIpc) is 2.80. The quantitative estimate of drug-likeness (QED) is 0.905. The number of carbonyl (C=O) groups is 1. The summed E-state index contributed by atoms with van der Waals surface area (Å²) in [7, 11) is 1.71. The molecule has 1 aromatic carbocycles. The van der Waals surface area contributed by atoms with Gasteiger partial charge in [-0.25, -0.2) is 0 Å². The molecule has 1 N–H and O–H groups in total. The number of phenols is 1. The van der Waals surface area contributed by atoms with Gasteiger partial charge in [0.15, 0.2) is 0 Å². The number of hydrogen-bond acceptors (Lipinski definition) is 3. The van der Waals surface area contributed by atoms with Crippen LogP contribution in [0.3, 0.4) is 0 Å². The molecule has 0 spiro atoms. The lowest BCUT2D eigenvalue weighted by molar-refractivity contribution is -0.117. The SMILES string of the molecule is CN(C(=O)Cc1ccsc1)c1cccc(O)c1. The van der Waals surface area contributed by atoms with Crippen LogP contribution in [0.1, 0.15) is 5.56 Å². The predicted octanol–water partition coefficient (Wildman–Crippen LogP) is 2.66. The summed E-state index contributed by atoms with van der Waals surface area (Å²) in [5, 5.41) is 13.3. The van der Waals surface area contributed by atoms with Crippen molar-refractivity contribution in [2.24, 2.45) is 0 Å². The molecular formula is C13H13NO2S. The Labute approximate surface area is 104 Å². The third kappa shape index (κ3) is 2.85. The highest BCUT2D eigenvalue weighted by Gasteiger charge is 2.12. The van der Waals surface area contributed by atoms with Crippen LogP contribution < -0.4 is 4.90 Å². The van der Waals surface area contributed by atoms with Gasteiger partial charge >= 0.3 is 0 Å². The molecule has 0 radical (unpaired) electrons. The van der Waals surface area contributed by atoms with E-state index in [0.29, 0.717) is 12.1 Å². The van der Waals surface area contributed by atoms with Crippen LogP contribution in [0.4, 0.5) is 5.69 Å². The number of phenolic OH excluding ortho intramolecular Hbond substituents is 1. The molecule has 0 saturated carbocycles. The molecule has 0 aliphatic rings. The van der Waals surface area contributed by atoms with Gasteiger partial charge in [-0.3, -0.25) is 4.79 Å². The predicted molar refractivity (Wildman–Crippen MR) is 69.5 cm³/mol. The molecule has 1 aromatic heterocycles. The van der Waals surface area contributed by atoms with E-state index in [0.717, 1.165) is 5.56 Å². The fourth-order valence-corrected chi connectivity index (χ4v) is 2.20. The molecule has 0 bridgehead atoms. The Bertz CT molecular complexity index is 508. The highest BCUT2D eigenvalue weighted by Crippen LogP contribution is 2.19. The number of likely N-dealkylation sites (N-methyl/N-ethyl adjacent to an activating group) is 1. The molecule has 3 nitrogen and oxygen atoms in total. The Morgan fingerprint density at radius 1 is 1.41 bits per heavy atom. The molecule has 1 heterocycles. The molecule has 0 aliphatic carbocycles. The zero-order valence-corrected chi connectivity index (χ0v) is 10.3. The van der Waals surface area contributed by atoms with E-state index in [1.165, 1.54) is 0 Å². The lowest BCUT2D eigenvalue weighted by atomic mass is 10.2. The Morgan fingerprint density at radius 3 is 2.88 bits per heavy atom. The highest BCUT2D eigenvalue weighted by atomic mass is 32.1. The first-order valence-electron chi connectivity index (χ1n) is 5.23. The number of hydrogen-bond donors (Lipinski definition) is 1. The minimum Gasteiger partial charge on any atom is -0.508 e. The smallest absolute Gasteiger partial charge is 0.231 e. The second-order valence-corrected chi connectivity index (χ2v) is 4.56. The van der Waals surface area contributed by atoms with Crippen molar-refractivity contribution in [1.82, 2.24) is 0 Å². The minimum atomic E-state index is 0.00833. The van der Waals surface area contributed by atoms with Gasteiger partial charge < -0.3 is 10.0 Å². The van der Waals surface area contributed by atoms with E-state index in [2.05, 4.69) is 0 Å². The van der Waals surface area contributed by atoms with Crippen LogP contribution in [-0.4, -0.2) is 18.1 Å². The van der Waals surface area contributed by atoms with E-state index in [4.69, 9.17) is 0 Å². The number of carbonyl (C=O) groups excluding carboxylic acids is 1. The van der Waals surface area contributed by atoms with Crippen LogP contribution in [0.15, 0.2) is 41.1 Å². The molecule has 17 heavy (non-hydrogen) atoms. The number of nitrogens with zero attached hydrogens (tertiary/aromatic N) is 1. The lowest BCUT2D eigenvalue weighted by Crippen LogP contribution is -2.27. The van der Waals surface area contributed by atoms with Crippen LogP contribution in [0.25, 0.3) is 0 Å². The van der Waals surface area contributed by atoms with Gasteiger partial charge in [0, 0.05) is 18.8 Å². The van der Waals surface area contributed by atoms with Gasteiger partial charge in [-0.2, -0.15) is 11.3 Å². The number of amides is 1. The topological polar surface area (TPSA) is 40.5 Å². The molecule has 0 fully saturated rings. The summed E-state index contributed by atoms with van der Waals surface area (Å²) in [4.78, 5) is 13.5. The third-order valence-electron chi connectivity index (χ3n) is 2.53. The highest BCUT2D eigenvalue weighted by molar-refractivity contribution is 7.08. The summed E-state index contributed by atoms with van der Waals surface area (Å²) in [6, 6.07) is 8.62. The van der Waals surface area contributed by atoms with Gasteiger partial charge in [0.2, 0.25) is 5.91 Å². The van der Waals surface area contributed by atoms with E-state index in [1.54, 1.807) is 47.5 Å². The van der Waals surface area contributed by atoms with Crippen molar-refractivity contribution in [2.45, 2.75) is 6.42 Å². The van der Waals surface area contributed by atoms with Crippen molar-refractivity contribution in [3.63, 3.8) is 0 Å². The van der Waals surface area contributed by atoms with Crippen molar-refractivity contribution in [3.05, 3.63) is 46.7 Å². The molecule has 0 unspecified atom stereocenters. The number of aromatic hydroxyl groups is 1. The van der Waals surface area contributed by atoms with Gasteiger partial charge in [0.1, 0.15) is 5.75 Å². The number of thiophene rings is 1. The van der Waals surface area contributed by atoms with E-state index in [1.807, 2.05) is 16.8 Å². The number of benzene rings is 1. The summed E-state index contributed by atoms with van der Waals surface area (Å²) in [6.07, 6.45) is 0.385. The van der Waals surface area contributed by atoms with E-state index < -0.39 is 0 Å². The Hall–Kier alpha value is -1.81. The Morgan fingerprint density at radius 2 is 2.24 bits per heavy atom. The van der Waals surface area contributed by atoms with Crippen LogP contribution in [0, 0.1) is 0 Å². The second kappa shape index (κ2) is 5.01. The minimum absolute atomic E-state index is 0.00833. The van der Waals surface area contributed by atoms with Crippen molar-refractivity contribution in [1.29, 1.82) is 0 Å². The van der Waals surface area contributed by atoms with E-state index in [-0.39, 0.29) is 11.7 Å². The Kier molecular flexibility index (Phi) is 3.44. The summed E-state index contributed by atoms with van der Waals surface area (Å²) in [5.41, 5.74) is 1.72. The van der Waals surface area contributed by atoms with E-state index >= 15 is 0 Å². The fraction of sp³-hybridized carbons (Fsp3) is 0.154. The molecule has 2 rings (SSSR count). The molecule has 0 atom stereocenters. The van der Waals surface area contributed by atoms with Gasteiger partial charge in [0.05, 0.1) is 6.42 Å². The summed E-state index contributed by atoms with van der Waals surface area (Å²) in [5.74, 6) is 0.173. The third-order valence-corrected chi connectivity index (χ3v) is 3.26. The molecule has 88 valence electrons. The fourth-order valence-electron chi connectivity index (χ4n) is 1.53. The zero-order valence-electron chi connectivity index (χ0n) is 9.46. The summed E-state index contributed by atoms with van der Waals surface area (Å²) < 4.78 is 0. The molecule has 0 aliphatic heterocycles. The monoisotopic (exact) mass is 247 g/mol. The van der Waals surface area contributed by atoms with Crippen LogP contribution in [0.2, 0.25) is 0 Å². The van der Waals surface area contributed by atoms with Crippen LogP contribution in [-0.2, 0) is 11.2 Å². The first kappa shape index (κ1) is 11.7. The maximum Gasteiger partial charge on any atom is 0.231 e. The summed E-state index contributed by atoms with van der Waals surface area (Å²) >= 11 is 1.58. The molecular weight excluding hydrogens is 234 g/mol. The summed E-state index contributed by atoms with van der Waals surface area (Å²) in [6.45, 7) is 0. The standard InChI is InChI=1S/C13H13NO2S/c1-14(11-3-2-4-12(15)8-11)13(16)7-10-5-6-17-9-10/h2-6,8-9,15H,7H2,1H3. The normalized spacial score (nSPS) is 10.2. The van der Waals surface area contributed by atoms with Crippen molar-refractivity contribution in [3.8, 4) is 5.75 Å². The second-order valence-electron chi connectivity index (χ2n) is 3.78. The maximum atomic E-state index is 12.0. The maximum absolute atomic E-state index is 12.0. The van der Waals surface area contributed by atoms with Crippen molar-refractivity contribution in [2.75, 3.05) is 11.9 Å². The average molecular weight is 247 g/mol. The molecule has 1 amide bonds. The lowest BCUT2D eigenvalue weighted by Gasteiger charge is -2.17. The van der Waals surface area contributed by atoms with Gasteiger partial charge in [-0.15, -0.1) is 0 Å². The van der Waals surface area contributed by atoms with Crippen LogP contribution in [0.5, 0.6) is 5.75 Å². The molecule has 4 heteroatoms. The molecule has 2 aromatic rings. The zero-order chi connectivity index (χ0) is 12.3. The van der Waals surface area contributed by atoms with Crippen LogP contribution >= 0.6 is 11.3 Å². The van der Waals surface area contributed by atoms with E-state index in [9.17, 15) is 9.90 Å². The largest absolute Gasteiger partial charge is 0.508 e. The first-order chi connectivity index (χ1) is 8.16. The Balaban J connectivity index is 2.09. The number of anilines is 1. The van der Waals surface area contributed by atoms with Gasteiger partial charge in [-0.1, -0.05) is 6.07 Å². The number of rotatable bonds is 3. The van der Waals surface area contributed by atoms with Gasteiger partial charge in [-0.05, 0) is 34.5 Å². The molecule has 0 saturated heterocycles. The first-order valence-corrected chi connectivity index (χ1v) is 6.18. The van der Waals surface area contributed by atoms with Crippen molar-refractivity contribution < 1.29 is 9.90 Å². The van der Waals surface area contributed by atoms with Crippen molar-refractivity contribution >= 4 is 22.9 Å².